The Morgan fingerprint density at radius 3 is 2.83 bits per heavy atom. The van der Waals surface area contributed by atoms with Gasteiger partial charge in [-0.2, -0.15) is 0 Å². The first-order chi connectivity index (χ1) is 14.6. The monoisotopic (exact) mass is 424 g/mol. The Morgan fingerprint density at radius 1 is 1.17 bits per heavy atom. The van der Waals surface area contributed by atoms with E-state index in [1.807, 2.05) is 31.2 Å². The predicted molar refractivity (Wildman–Crippen MR) is 117 cm³/mol. The number of rotatable bonds is 5. The number of carbonyl (C=O) groups is 2. The molecule has 2 amide bonds. The fourth-order valence-electron chi connectivity index (χ4n) is 4.38. The average molecular weight is 425 g/mol. The Hall–Kier alpha value is -2.64. The van der Waals surface area contributed by atoms with Gasteiger partial charge in [0.05, 0.1) is 11.7 Å². The van der Waals surface area contributed by atoms with Crippen molar-refractivity contribution >= 4 is 39.1 Å². The van der Waals surface area contributed by atoms with Crippen molar-refractivity contribution in [3.8, 4) is 0 Å². The highest BCUT2D eigenvalue weighted by atomic mass is 32.1. The molecule has 6 nitrogen and oxygen atoms in total. The molecule has 156 valence electrons. The third-order valence-corrected chi connectivity index (χ3v) is 7.15. The van der Waals surface area contributed by atoms with Crippen molar-refractivity contribution in [1.29, 1.82) is 0 Å². The quantitative estimate of drug-likeness (QED) is 0.634. The van der Waals surface area contributed by atoms with Crippen molar-refractivity contribution in [3.63, 3.8) is 0 Å². The summed E-state index contributed by atoms with van der Waals surface area (Å²) in [5.74, 6) is -0.172. The van der Waals surface area contributed by atoms with Crippen molar-refractivity contribution in [1.82, 2.24) is 5.32 Å². The van der Waals surface area contributed by atoms with E-state index in [9.17, 15) is 9.59 Å². The predicted octanol–water partition coefficient (Wildman–Crippen LogP) is 4.45. The molecular formula is C23H24N2O4S. The van der Waals surface area contributed by atoms with Crippen LogP contribution in [-0.4, -0.2) is 31.1 Å². The van der Waals surface area contributed by atoms with Gasteiger partial charge in [-0.15, -0.1) is 11.3 Å². The molecule has 7 heteroatoms. The lowest BCUT2D eigenvalue weighted by atomic mass is 10.1. The minimum Gasteiger partial charge on any atom is -0.451 e. The minimum atomic E-state index is -0.322. The van der Waals surface area contributed by atoms with Gasteiger partial charge in [-0.25, -0.2) is 0 Å². The van der Waals surface area contributed by atoms with Crippen LogP contribution >= 0.6 is 11.3 Å². The van der Waals surface area contributed by atoms with Crippen LogP contribution in [0.5, 0.6) is 0 Å². The number of aryl methyl sites for hydroxylation is 2. The van der Waals surface area contributed by atoms with Gasteiger partial charge in [0, 0.05) is 29.0 Å². The average Bonchev–Trinajstić information content (AvgIpc) is 3.51. The fourth-order valence-corrected chi connectivity index (χ4v) is 5.67. The molecule has 1 unspecified atom stereocenters. The summed E-state index contributed by atoms with van der Waals surface area (Å²) in [5.41, 5.74) is 3.16. The molecule has 30 heavy (non-hydrogen) atoms. The van der Waals surface area contributed by atoms with E-state index in [0.29, 0.717) is 22.7 Å². The number of thiophene rings is 1. The lowest BCUT2D eigenvalue weighted by Crippen LogP contribution is -2.32. The van der Waals surface area contributed by atoms with Crippen LogP contribution in [-0.2, 0) is 17.6 Å². The third kappa shape index (κ3) is 3.42. The number of amides is 2. The van der Waals surface area contributed by atoms with Crippen molar-refractivity contribution < 1.29 is 18.7 Å². The lowest BCUT2D eigenvalue weighted by molar-refractivity contribution is 0.0858. The fraction of sp³-hybridized carbons (Fsp3) is 0.391. The number of nitrogens with one attached hydrogen (secondary N) is 2. The van der Waals surface area contributed by atoms with Gasteiger partial charge in [0.15, 0.2) is 5.76 Å². The Kier molecular flexibility index (Phi) is 5.08. The van der Waals surface area contributed by atoms with Gasteiger partial charge in [-0.3, -0.25) is 9.59 Å². The maximum Gasteiger partial charge on any atom is 0.292 e. The van der Waals surface area contributed by atoms with E-state index >= 15 is 0 Å². The van der Waals surface area contributed by atoms with Gasteiger partial charge in [-0.05, 0) is 50.7 Å². The normalized spacial score (nSPS) is 18.0. The summed E-state index contributed by atoms with van der Waals surface area (Å²) < 4.78 is 11.4. The van der Waals surface area contributed by atoms with Crippen molar-refractivity contribution in [2.24, 2.45) is 0 Å². The van der Waals surface area contributed by atoms with Gasteiger partial charge in [-0.1, -0.05) is 18.2 Å². The molecule has 1 atom stereocenters. The number of hydrogen-bond donors (Lipinski definition) is 2. The second-order valence-electron chi connectivity index (χ2n) is 7.91. The Balaban J connectivity index is 1.40. The molecule has 1 aromatic carbocycles. The molecule has 0 spiro atoms. The van der Waals surface area contributed by atoms with E-state index < -0.39 is 0 Å². The first kappa shape index (κ1) is 19.3. The maximum atomic E-state index is 13.0. The van der Waals surface area contributed by atoms with Crippen LogP contribution in [0.3, 0.4) is 0 Å². The Labute approximate surface area is 178 Å². The van der Waals surface area contributed by atoms with E-state index in [1.54, 1.807) is 0 Å². The summed E-state index contributed by atoms with van der Waals surface area (Å²) in [6, 6.07) is 7.59. The van der Waals surface area contributed by atoms with Gasteiger partial charge in [0.2, 0.25) is 0 Å². The highest BCUT2D eigenvalue weighted by Crippen LogP contribution is 2.39. The van der Waals surface area contributed by atoms with Crippen LogP contribution in [0.15, 0.2) is 28.7 Å². The molecule has 2 aliphatic rings. The largest absolute Gasteiger partial charge is 0.451 e. The number of benzene rings is 1. The molecule has 1 saturated heterocycles. The molecule has 5 rings (SSSR count). The van der Waals surface area contributed by atoms with Gasteiger partial charge >= 0.3 is 0 Å². The zero-order valence-electron chi connectivity index (χ0n) is 16.9. The lowest BCUT2D eigenvalue weighted by Gasteiger charge is -2.12. The van der Waals surface area contributed by atoms with E-state index in [1.165, 1.54) is 16.2 Å². The second kappa shape index (κ2) is 7.89. The molecular weight excluding hydrogens is 400 g/mol. The third-order valence-electron chi connectivity index (χ3n) is 5.94. The zero-order valence-corrected chi connectivity index (χ0v) is 17.7. The summed E-state index contributed by atoms with van der Waals surface area (Å²) in [5, 5.41) is 7.50. The SMILES string of the molecule is Cc1c(C(=O)Nc2sc3c(c2C(=O)NCC2CCCO2)CCC3)oc2ccccc12. The number of carbonyl (C=O) groups excluding carboxylic acids is 2. The number of anilines is 1. The summed E-state index contributed by atoms with van der Waals surface area (Å²) in [6.07, 6.45) is 4.95. The highest BCUT2D eigenvalue weighted by molar-refractivity contribution is 7.17. The highest BCUT2D eigenvalue weighted by Gasteiger charge is 2.29. The molecule has 0 radical (unpaired) electrons. The van der Waals surface area contributed by atoms with Gasteiger partial charge in [0.25, 0.3) is 11.8 Å². The van der Waals surface area contributed by atoms with E-state index in [4.69, 9.17) is 9.15 Å². The molecule has 1 aliphatic heterocycles. The molecule has 1 aliphatic carbocycles. The smallest absolute Gasteiger partial charge is 0.292 e. The van der Waals surface area contributed by atoms with Crippen molar-refractivity contribution in [2.75, 3.05) is 18.5 Å². The second-order valence-corrected chi connectivity index (χ2v) is 9.02. The maximum absolute atomic E-state index is 13.0. The molecule has 2 aromatic heterocycles. The standard InChI is InChI=1S/C23H24N2O4S/c1-13-15-7-2-3-9-17(15)29-20(13)22(27)25-23-19(16-8-4-10-18(16)30-23)21(26)24-12-14-6-5-11-28-14/h2-3,7,9,14H,4-6,8,10-12H2,1H3,(H,24,26)(H,25,27). The van der Waals surface area contributed by atoms with Crippen LogP contribution in [0.1, 0.15) is 56.2 Å². The summed E-state index contributed by atoms with van der Waals surface area (Å²) >= 11 is 1.51. The van der Waals surface area contributed by atoms with Crippen LogP contribution in [0, 0.1) is 6.92 Å². The molecule has 3 heterocycles. The molecule has 2 N–H and O–H groups in total. The zero-order chi connectivity index (χ0) is 20.7. The number of ether oxygens (including phenoxy) is 1. The Bertz CT molecular complexity index is 1120. The first-order valence-corrected chi connectivity index (χ1v) is 11.3. The van der Waals surface area contributed by atoms with Crippen LogP contribution in [0.25, 0.3) is 11.0 Å². The van der Waals surface area contributed by atoms with Gasteiger partial charge in [0.1, 0.15) is 10.6 Å². The summed E-state index contributed by atoms with van der Waals surface area (Å²) in [6.45, 7) is 3.14. The molecule has 0 bridgehead atoms. The van der Waals surface area contributed by atoms with Crippen LogP contribution in [0.2, 0.25) is 0 Å². The van der Waals surface area contributed by atoms with Crippen molar-refractivity contribution in [3.05, 3.63) is 51.6 Å². The van der Waals surface area contributed by atoms with Gasteiger partial charge < -0.3 is 19.8 Å². The number of hydrogen-bond acceptors (Lipinski definition) is 5. The number of para-hydroxylation sites is 1. The number of fused-ring (bicyclic) bond motifs is 2. The van der Waals surface area contributed by atoms with Crippen molar-refractivity contribution in [2.45, 2.75) is 45.1 Å². The molecule has 0 saturated carbocycles. The van der Waals surface area contributed by atoms with Crippen LogP contribution in [0.4, 0.5) is 5.00 Å². The van der Waals surface area contributed by atoms with E-state index in [-0.39, 0.29) is 23.7 Å². The molecule has 1 fully saturated rings. The van der Waals surface area contributed by atoms with E-state index in [0.717, 1.165) is 55.2 Å². The number of furan rings is 1. The Morgan fingerprint density at radius 2 is 2.03 bits per heavy atom. The van der Waals surface area contributed by atoms with E-state index in [2.05, 4.69) is 10.6 Å². The van der Waals surface area contributed by atoms with Crippen LogP contribution < -0.4 is 10.6 Å². The first-order valence-electron chi connectivity index (χ1n) is 10.5. The summed E-state index contributed by atoms with van der Waals surface area (Å²) in [7, 11) is 0. The summed E-state index contributed by atoms with van der Waals surface area (Å²) in [4.78, 5) is 27.2. The molecule has 3 aromatic rings. The topological polar surface area (TPSA) is 80.6 Å². The minimum absolute atomic E-state index is 0.0804.